The number of aromatic nitrogens is 2. The molecule has 0 bridgehead atoms. The molecule has 0 fully saturated rings. The number of para-hydroxylation sites is 2. The van der Waals surface area contributed by atoms with E-state index in [9.17, 15) is 0 Å². The number of hydrogen-bond acceptors (Lipinski definition) is 4. The molecule has 1 aliphatic rings. The van der Waals surface area contributed by atoms with E-state index in [0.717, 1.165) is 61.4 Å². The SMILES string of the molecule is CC(C)c1cc(-c2cc(Oc3ccc4c5ccccc5n(-c5ccccn5)c4c3)cc(N3CN(c4c(F)cccc4F)c4cc(C(C)(C)C)ccc43)c2)cc(C(C)C)c1. The summed E-state index contributed by atoms with van der Waals surface area (Å²) in [5.41, 5.74) is 9.88. The maximum absolute atomic E-state index is 15.6. The molecule has 0 radical (unpaired) electrons. The summed E-state index contributed by atoms with van der Waals surface area (Å²) in [5.74, 6) is 1.58. The van der Waals surface area contributed by atoms with E-state index in [1.807, 2.05) is 42.6 Å². The quantitative estimate of drug-likeness (QED) is 0.154. The Bertz CT molecular complexity index is 2830. The van der Waals surface area contributed by atoms with E-state index >= 15 is 8.78 Å². The largest absolute Gasteiger partial charge is 0.457 e. The molecule has 8 aromatic rings. The van der Waals surface area contributed by atoms with E-state index in [1.54, 1.807) is 4.90 Å². The molecule has 0 spiro atoms. The highest BCUT2D eigenvalue weighted by Gasteiger charge is 2.33. The van der Waals surface area contributed by atoms with Gasteiger partial charge in [-0.25, -0.2) is 13.8 Å². The van der Waals surface area contributed by atoms with Crippen LogP contribution in [0.15, 0.2) is 140 Å². The van der Waals surface area contributed by atoms with E-state index in [-0.39, 0.29) is 17.8 Å². The van der Waals surface area contributed by atoms with Crippen LogP contribution in [0.2, 0.25) is 0 Å². The normalized spacial score (nSPS) is 13.0. The van der Waals surface area contributed by atoms with E-state index in [0.29, 0.717) is 23.3 Å². The standard InChI is InChI=1S/C52H48F2N4O/c1-32(2)34-23-35(33(3)4)25-36(24-34)37-26-39(56-31-57(51-44(53)14-12-15-45(51)54)49-28-38(52(5,6)7)18-21-47(49)56)29-41(27-37)59-40-19-20-43-42-13-8-9-16-46(42)58(48(43)30-40)50-17-10-11-22-55-50/h8-30,32-33H,31H2,1-7H3. The number of fused-ring (bicyclic) bond motifs is 4. The predicted octanol–water partition coefficient (Wildman–Crippen LogP) is 14.7. The molecule has 0 amide bonds. The molecule has 7 heteroatoms. The Kier molecular flexibility index (Phi) is 9.50. The first-order valence-electron chi connectivity index (χ1n) is 20.4. The Balaban J connectivity index is 1.22. The highest BCUT2D eigenvalue weighted by molar-refractivity contribution is 6.09. The van der Waals surface area contributed by atoms with Crippen molar-refractivity contribution < 1.29 is 13.5 Å². The zero-order valence-electron chi connectivity index (χ0n) is 34.6. The molecule has 3 heterocycles. The van der Waals surface area contributed by atoms with Crippen molar-refractivity contribution in [2.75, 3.05) is 16.5 Å². The number of anilines is 4. The molecule has 5 nitrogen and oxygen atoms in total. The van der Waals surface area contributed by atoms with E-state index in [4.69, 9.17) is 9.72 Å². The minimum atomic E-state index is -0.609. The van der Waals surface area contributed by atoms with Gasteiger partial charge in [-0.3, -0.25) is 4.57 Å². The van der Waals surface area contributed by atoms with Crippen molar-refractivity contribution >= 4 is 44.6 Å². The fourth-order valence-electron chi connectivity index (χ4n) is 8.24. The molecule has 0 N–H and O–H groups in total. The second-order valence-electron chi connectivity index (χ2n) is 17.3. The fourth-order valence-corrected chi connectivity index (χ4v) is 8.24. The average Bonchev–Trinajstić information content (AvgIpc) is 3.76. The number of halogens is 2. The van der Waals surface area contributed by atoms with Crippen molar-refractivity contribution in [1.29, 1.82) is 0 Å². The van der Waals surface area contributed by atoms with Crippen LogP contribution >= 0.6 is 0 Å². The van der Waals surface area contributed by atoms with Crippen LogP contribution in [0.5, 0.6) is 11.5 Å². The fraction of sp³-hybridized carbons (Fsp3) is 0.212. The number of ether oxygens (including phenoxy) is 1. The van der Waals surface area contributed by atoms with Crippen LogP contribution in [0, 0.1) is 11.6 Å². The van der Waals surface area contributed by atoms with Crippen molar-refractivity contribution in [3.8, 4) is 28.4 Å². The number of hydrogen-bond donors (Lipinski definition) is 0. The Morgan fingerprint density at radius 2 is 1.29 bits per heavy atom. The summed E-state index contributed by atoms with van der Waals surface area (Å²) in [6, 6.07) is 43.9. The average molecular weight is 783 g/mol. The van der Waals surface area contributed by atoms with Crippen molar-refractivity contribution in [2.45, 2.75) is 65.7 Å². The summed E-state index contributed by atoms with van der Waals surface area (Å²) in [5, 5.41) is 2.23. The lowest BCUT2D eigenvalue weighted by Gasteiger charge is -2.24. The summed E-state index contributed by atoms with van der Waals surface area (Å²) in [4.78, 5) is 8.60. The smallest absolute Gasteiger partial charge is 0.149 e. The van der Waals surface area contributed by atoms with Gasteiger partial charge in [0.2, 0.25) is 0 Å². The second-order valence-corrected chi connectivity index (χ2v) is 17.3. The lowest BCUT2D eigenvalue weighted by atomic mass is 9.86. The summed E-state index contributed by atoms with van der Waals surface area (Å²) in [7, 11) is 0. The Morgan fingerprint density at radius 3 is 1.98 bits per heavy atom. The van der Waals surface area contributed by atoms with Gasteiger partial charge in [0.25, 0.3) is 0 Å². The van der Waals surface area contributed by atoms with Gasteiger partial charge >= 0.3 is 0 Å². The zero-order chi connectivity index (χ0) is 41.2. The van der Waals surface area contributed by atoms with E-state index in [2.05, 4.69) is 137 Å². The minimum Gasteiger partial charge on any atom is -0.457 e. The van der Waals surface area contributed by atoms with Crippen LogP contribution < -0.4 is 14.5 Å². The van der Waals surface area contributed by atoms with Crippen LogP contribution in [0.25, 0.3) is 38.8 Å². The zero-order valence-corrected chi connectivity index (χ0v) is 34.6. The molecule has 296 valence electrons. The van der Waals surface area contributed by atoms with Gasteiger partial charge < -0.3 is 14.5 Å². The Hall–Kier alpha value is -6.47. The van der Waals surface area contributed by atoms with Crippen LogP contribution in [-0.4, -0.2) is 16.2 Å². The molecule has 0 aliphatic carbocycles. The molecule has 59 heavy (non-hydrogen) atoms. The first-order chi connectivity index (χ1) is 28.3. The number of benzene rings is 6. The Morgan fingerprint density at radius 1 is 0.593 bits per heavy atom. The molecule has 9 rings (SSSR count). The highest BCUT2D eigenvalue weighted by atomic mass is 19.1. The predicted molar refractivity (Wildman–Crippen MR) is 239 cm³/mol. The molecule has 2 aromatic heterocycles. The molecule has 0 saturated heterocycles. The third-order valence-corrected chi connectivity index (χ3v) is 11.5. The maximum atomic E-state index is 15.6. The second kappa shape index (κ2) is 14.7. The topological polar surface area (TPSA) is 33.5 Å². The maximum Gasteiger partial charge on any atom is 0.149 e. The number of nitrogens with zero attached hydrogens (tertiary/aromatic N) is 4. The molecule has 1 aliphatic heterocycles. The van der Waals surface area contributed by atoms with Crippen LogP contribution in [-0.2, 0) is 5.41 Å². The Labute approximate surface area is 345 Å². The van der Waals surface area contributed by atoms with Crippen LogP contribution in [0.1, 0.15) is 77.0 Å². The van der Waals surface area contributed by atoms with Crippen molar-refractivity contribution in [3.63, 3.8) is 0 Å². The monoisotopic (exact) mass is 782 g/mol. The van der Waals surface area contributed by atoms with Gasteiger partial charge in [-0.15, -0.1) is 0 Å². The molecule has 0 saturated carbocycles. The number of rotatable bonds is 8. The molecule has 6 aromatic carbocycles. The van der Waals surface area contributed by atoms with Gasteiger partial charge in [0.15, 0.2) is 0 Å². The number of pyridine rings is 1. The third-order valence-electron chi connectivity index (χ3n) is 11.5. The molecule has 0 unspecified atom stereocenters. The van der Waals surface area contributed by atoms with Crippen LogP contribution in [0.4, 0.5) is 31.5 Å². The summed E-state index contributed by atoms with van der Waals surface area (Å²) >= 11 is 0. The van der Waals surface area contributed by atoms with Crippen molar-refractivity contribution in [3.05, 3.63) is 168 Å². The van der Waals surface area contributed by atoms with Gasteiger partial charge in [0.1, 0.15) is 41.3 Å². The van der Waals surface area contributed by atoms with Gasteiger partial charge in [-0.2, -0.15) is 0 Å². The van der Waals surface area contributed by atoms with Gasteiger partial charge in [-0.1, -0.05) is 103 Å². The highest BCUT2D eigenvalue weighted by Crippen LogP contribution is 2.49. The lowest BCUT2D eigenvalue weighted by molar-refractivity contribution is 0.483. The molecular weight excluding hydrogens is 735 g/mol. The van der Waals surface area contributed by atoms with Crippen molar-refractivity contribution in [1.82, 2.24) is 9.55 Å². The first kappa shape index (κ1) is 38.1. The first-order valence-corrected chi connectivity index (χ1v) is 20.4. The van der Waals surface area contributed by atoms with Gasteiger partial charge in [0, 0.05) is 34.8 Å². The lowest BCUT2D eigenvalue weighted by Crippen LogP contribution is -2.25. The molecule has 0 atom stereocenters. The summed E-state index contributed by atoms with van der Waals surface area (Å²) < 4.78 is 40.4. The third kappa shape index (κ3) is 6.98. The van der Waals surface area contributed by atoms with Gasteiger partial charge in [0.05, 0.1) is 22.4 Å². The minimum absolute atomic E-state index is 0.0715. The summed E-state index contributed by atoms with van der Waals surface area (Å²) in [6.07, 6.45) is 1.81. The van der Waals surface area contributed by atoms with Gasteiger partial charge in [-0.05, 0) is 112 Å². The summed E-state index contributed by atoms with van der Waals surface area (Å²) in [6.45, 7) is 15.5. The van der Waals surface area contributed by atoms with E-state index in [1.165, 1.54) is 29.3 Å². The van der Waals surface area contributed by atoms with E-state index < -0.39 is 11.6 Å². The molecular formula is C52H48F2N4O. The van der Waals surface area contributed by atoms with Crippen LogP contribution in [0.3, 0.4) is 0 Å². The van der Waals surface area contributed by atoms with Crippen molar-refractivity contribution in [2.24, 2.45) is 0 Å².